The maximum absolute atomic E-state index is 5.59. The molecule has 0 spiro atoms. The van der Waals surface area contributed by atoms with E-state index in [9.17, 15) is 0 Å². The second-order valence-corrected chi connectivity index (χ2v) is 4.72. The van der Waals surface area contributed by atoms with Crippen molar-refractivity contribution in [2.45, 2.75) is 20.1 Å². The summed E-state index contributed by atoms with van der Waals surface area (Å²) in [4.78, 5) is 10.2. The number of hydrogen-bond donors (Lipinski definition) is 1. The number of aryl methyl sites for hydroxylation is 2. The molecule has 3 nitrogen and oxygen atoms in total. The van der Waals surface area contributed by atoms with E-state index >= 15 is 0 Å². The molecule has 1 heterocycles. The fourth-order valence-corrected chi connectivity index (χ4v) is 2.24. The van der Waals surface area contributed by atoms with E-state index < -0.39 is 0 Å². The molecule has 0 bridgehead atoms. The van der Waals surface area contributed by atoms with E-state index in [1.165, 1.54) is 11.1 Å². The topological polar surface area (TPSA) is 33.6 Å². The van der Waals surface area contributed by atoms with E-state index in [0.29, 0.717) is 0 Å². The van der Waals surface area contributed by atoms with Crippen LogP contribution in [-0.2, 0) is 4.84 Å². The van der Waals surface area contributed by atoms with Crippen LogP contribution in [0.2, 0.25) is 0 Å². The van der Waals surface area contributed by atoms with E-state index in [2.05, 4.69) is 36.5 Å². The van der Waals surface area contributed by atoms with Gasteiger partial charge in [-0.15, -0.1) is 0 Å². The maximum Gasteiger partial charge on any atom is 0.203 e. The fraction of sp³-hybridized carbons (Fsp3) is 0.188. The second kappa shape index (κ2) is 4.86. The summed E-state index contributed by atoms with van der Waals surface area (Å²) < 4.78 is 0. The summed E-state index contributed by atoms with van der Waals surface area (Å²) in [6.45, 7) is 4.14. The zero-order chi connectivity index (χ0) is 13.2. The maximum atomic E-state index is 5.59. The molecule has 0 amide bonds. The van der Waals surface area contributed by atoms with E-state index in [1.54, 1.807) is 0 Å². The summed E-state index contributed by atoms with van der Waals surface area (Å²) >= 11 is 0. The summed E-state index contributed by atoms with van der Waals surface area (Å²) in [5, 5.41) is 0. The number of benzene rings is 2. The standard InChI is InChI=1S/C16H16N2O/c1-11-7-3-5-9-13(11)15-17-16(19-18-15)14-10-6-4-8-12(14)2/h3-10,16H,1-2H3,(H,17,18)/t16-/m1/s1. The van der Waals surface area contributed by atoms with Crippen molar-refractivity contribution in [3.05, 3.63) is 70.8 Å². The van der Waals surface area contributed by atoms with Gasteiger partial charge in [0, 0.05) is 11.1 Å². The predicted molar refractivity (Wildman–Crippen MR) is 75.9 cm³/mol. The molecule has 3 heteroatoms. The summed E-state index contributed by atoms with van der Waals surface area (Å²) in [6, 6.07) is 16.3. The van der Waals surface area contributed by atoms with Crippen LogP contribution in [0.5, 0.6) is 0 Å². The number of rotatable bonds is 2. The smallest absolute Gasteiger partial charge is 0.203 e. The summed E-state index contributed by atoms with van der Waals surface area (Å²) in [6.07, 6.45) is -0.268. The molecule has 96 valence electrons. The third kappa shape index (κ3) is 2.25. The molecule has 0 aromatic heterocycles. The minimum absolute atomic E-state index is 0.268. The van der Waals surface area contributed by atoms with Crippen LogP contribution in [0, 0.1) is 13.8 Å². The Hall–Kier alpha value is -2.13. The van der Waals surface area contributed by atoms with Gasteiger partial charge in [-0.3, -0.25) is 0 Å². The Morgan fingerprint density at radius 1 is 0.947 bits per heavy atom. The molecule has 0 saturated carbocycles. The molecule has 0 fully saturated rings. The molecule has 2 aromatic rings. The SMILES string of the molecule is Cc1ccccc1C1=N[C@@H](c2ccccc2C)ON1. The lowest BCUT2D eigenvalue weighted by molar-refractivity contribution is 0.0373. The zero-order valence-corrected chi connectivity index (χ0v) is 11.1. The minimum Gasteiger partial charge on any atom is -0.246 e. The molecular formula is C16H16N2O. The number of hydroxylamine groups is 1. The van der Waals surface area contributed by atoms with Gasteiger partial charge in [-0.25, -0.2) is 15.3 Å². The first kappa shape index (κ1) is 11.9. The lowest BCUT2D eigenvalue weighted by Crippen LogP contribution is -2.19. The highest BCUT2D eigenvalue weighted by Gasteiger charge is 2.22. The second-order valence-electron chi connectivity index (χ2n) is 4.72. The van der Waals surface area contributed by atoms with Crippen molar-refractivity contribution >= 4 is 5.84 Å². The van der Waals surface area contributed by atoms with Gasteiger partial charge < -0.3 is 0 Å². The average molecular weight is 252 g/mol. The van der Waals surface area contributed by atoms with Gasteiger partial charge in [0.25, 0.3) is 0 Å². The van der Waals surface area contributed by atoms with Crippen LogP contribution in [0.25, 0.3) is 0 Å². The van der Waals surface area contributed by atoms with Gasteiger partial charge in [0.05, 0.1) is 0 Å². The van der Waals surface area contributed by atoms with Crippen LogP contribution in [0.1, 0.15) is 28.5 Å². The summed E-state index contributed by atoms with van der Waals surface area (Å²) in [5.74, 6) is 0.798. The van der Waals surface area contributed by atoms with Crippen molar-refractivity contribution in [1.82, 2.24) is 5.48 Å². The molecule has 3 rings (SSSR count). The molecule has 1 aliphatic heterocycles. The van der Waals surface area contributed by atoms with Crippen molar-refractivity contribution < 1.29 is 4.84 Å². The normalized spacial score (nSPS) is 18.0. The average Bonchev–Trinajstić information content (AvgIpc) is 2.89. The van der Waals surface area contributed by atoms with Crippen molar-refractivity contribution in [3.63, 3.8) is 0 Å². The molecule has 1 atom stereocenters. The largest absolute Gasteiger partial charge is 0.246 e. The number of nitrogens with zero attached hydrogens (tertiary/aromatic N) is 1. The first-order valence-corrected chi connectivity index (χ1v) is 6.37. The summed E-state index contributed by atoms with van der Waals surface area (Å²) in [7, 11) is 0. The Kier molecular flexibility index (Phi) is 3.05. The van der Waals surface area contributed by atoms with Crippen molar-refractivity contribution in [3.8, 4) is 0 Å². The van der Waals surface area contributed by atoms with Crippen LogP contribution in [0.3, 0.4) is 0 Å². The molecule has 0 saturated heterocycles. The number of aliphatic imine (C=N–C) groups is 1. The van der Waals surface area contributed by atoms with Gasteiger partial charge in [0.15, 0.2) is 5.84 Å². The third-order valence-corrected chi connectivity index (χ3v) is 3.37. The third-order valence-electron chi connectivity index (χ3n) is 3.37. The van der Waals surface area contributed by atoms with Gasteiger partial charge in [-0.1, -0.05) is 48.5 Å². The van der Waals surface area contributed by atoms with E-state index in [0.717, 1.165) is 17.0 Å². The Morgan fingerprint density at radius 3 is 2.37 bits per heavy atom. The van der Waals surface area contributed by atoms with Crippen molar-refractivity contribution in [2.75, 3.05) is 0 Å². The Balaban J connectivity index is 1.94. The van der Waals surface area contributed by atoms with E-state index in [4.69, 9.17) is 4.84 Å². The monoisotopic (exact) mass is 252 g/mol. The van der Waals surface area contributed by atoms with Crippen LogP contribution < -0.4 is 5.48 Å². The van der Waals surface area contributed by atoms with Crippen LogP contribution in [-0.4, -0.2) is 5.84 Å². The molecule has 0 unspecified atom stereocenters. The molecular weight excluding hydrogens is 236 g/mol. The highest BCUT2D eigenvalue weighted by Crippen LogP contribution is 2.26. The number of amidine groups is 1. The molecule has 1 N–H and O–H groups in total. The number of nitrogens with one attached hydrogen (secondary N) is 1. The Labute approximate surface area is 112 Å². The lowest BCUT2D eigenvalue weighted by Gasteiger charge is -2.08. The van der Waals surface area contributed by atoms with Crippen molar-refractivity contribution in [1.29, 1.82) is 0 Å². The minimum atomic E-state index is -0.268. The highest BCUT2D eigenvalue weighted by molar-refractivity contribution is 6.00. The first-order valence-electron chi connectivity index (χ1n) is 6.37. The fourth-order valence-electron chi connectivity index (χ4n) is 2.24. The van der Waals surface area contributed by atoms with Gasteiger partial charge >= 0.3 is 0 Å². The zero-order valence-electron chi connectivity index (χ0n) is 11.1. The highest BCUT2D eigenvalue weighted by atomic mass is 16.7. The Morgan fingerprint density at radius 2 is 1.63 bits per heavy atom. The van der Waals surface area contributed by atoms with Crippen LogP contribution in [0.4, 0.5) is 0 Å². The molecule has 0 aliphatic carbocycles. The van der Waals surface area contributed by atoms with E-state index in [1.807, 2.05) is 36.4 Å². The summed E-state index contributed by atoms with van der Waals surface area (Å²) in [5.41, 5.74) is 7.48. The van der Waals surface area contributed by atoms with Crippen LogP contribution in [0.15, 0.2) is 53.5 Å². The van der Waals surface area contributed by atoms with Gasteiger partial charge in [-0.05, 0) is 25.0 Å². The van der Waals surface area contributed by atoms with Gasteiger partial charge in [0.2, 0.25) is 6.23 Å². The van der Waals surface area contributed by atoms with Gasteiger partial charge in [0.1, 0.15) is 0 Å². The molecule has 1 aliphatic rings. The number of hydrogen-bond acceptors (Lipinski definition) is 3. The Bertz CT molecular complexity index is 634. The van der Waals surface area contributed by atoms with Crippen molar-refractivity contribution in [2.24, 2.45) is 4.99 Å². The molecule has 19 heavy (non-hydrogen) atoms. The predicted octanol–water partition coefficient (Wildman–Crippen LogP) is 3.28. The first-order chi connectivity index (χ1) is 9.25. The molecule has 0 radical (unpaired) electrons. The van der Waals surface area contributed by atoms with Crippen LogP contribution >= 0.6 is 0 Å². The lowest BCUT2D eigenvalue weighted by atomic mass is 10.1. The van der Waals surface area contributed by atoms with E-state index in [-0.39, 0.29) is 6.23 Å². The molecule has 2 aromatic carbocycles. The van der Waals surface area contributed by atoms with Gasteiger partial charge in [-0.2, -0.15) is 0 Å². The quantitative estimate of drug-likeness (QED) is 0.889.